The van der Waals surface area contributed by atoms with Gasteiger partial charge in [0.25, 0.3) is 0 Å². The number of piperidine rings is 1. The van der Waals surface area contributed by atoms with Crippen molar-refractivity contribution in [3.05, 3.63) is 6.07 Å². The maximum atomic E-state index is 5.74. The molecule has 4 N–H and O–H groups in total. The highest BCUT2D eigenvalue weighted by atomic mass is 15.2. The van der Waals surface area contributed by atoms with Crippen LogP contribution >= 0.6 is 0 Å². The SMILES string of the molecule is Nc1cc(N2CCC3(CCCCC3)CC2)nc(N)n1. The van der Waals surface area contributed by atoms with Gasteiger partial charge in [-0.3, -0.25) is 0 Å². The van der Waals surface area contributed by atoms with Gasteiger partial charge < -0.3 is 16.4 Å². The van der Waals surface area contributed by atoms with E-state index in [0.29, 0.717) is 11.2 Å². The second kappa shape index (κ2) is 4.87. The molecule has 2 fully saturated rings. The van der Waals surface area contributed by atoms with Crippen molar-refractivity contribution in [2.24, 2.45) is 5.41 Å². The lowest BCUT2D eigenvalue weighted by Crippen LogP contribution is -2.41. The third-order valence-corrected chi connectivity index (χ3v) is 4.81. The van der Waals surface area contributed by atoms with Crippen LogP contribution in [-0.2, 0) is 0 Å². The summed E-state index contributed by atoms with van der Waals surface area (Å²) < 4.78 is 0. The van der Waals surface area contributed by atoms with E-state index in [9.17, 15) is 0 Å². The van der Waals surface area contributed by atoms with Crippen LogP contribution in [0, 0.1) is 5.41 Å². The zero-order chi connectivity index (χ0) is 13.3. The van der Waals surface area contributed by atoms with Crippen molar-refractivity contribution in [2.75, 3.05) is 29.5 Å². The van der Waals surface area contributed by atoms with E-state index < -0.39 is 0 Å². The highest BCUT2D eigenvalue weighted by Crippen LogP contribution is 2.44. The molecular formula is C14H23N5. The lowest BCUT2D eigenvalue weighted by atomic mass is 9.68. The van der Waals surface area contributed by atoms with Gasteiger partial charge in [-0.1, -0.05) is 19.3 Å². The Bertz CT molecular complexity index is 423. The van der Waals surface area contributed by atoms with Crippen molar-refractivity contribution in [3.8, 4) is 0 Å². The number of nitrogens with two attached hydrogens (primary N) is 2. The summed E-state index contributed by atoms with van der Waals surface area (Å²) >= 11 is 0. The summed E-state index contributed by atoms with van der Waals surface area (Å²) in [5, 5.41) is 0. The third-order valence-electron chi connectivity index (χ3n) is 4.81. The van der Waals surface area contributed by atoms with Gasteiger partial charge in [0.05, 0.1) is 0 Å². The van der Waals surface area contributed by atoms with Crippen LogP contribution in [0.1, 0.15) is 44.9 Å². The van der Waals surface area contributed by atoms with Crippen LogP contribution in [0.4, 0.5) is 17.6 Å². The first-order valence-electron chi connectivity index (χ1n) is 7.32. The van der Waals surface area contributed by atoms with Gasteiger partial charge in [0, 0.05) is 19.2 Å². The molecule has 1 aromatic heterocycles. The molecule has 1 aromatic rings. The van der Waals surface area contributed by atoms with Gasteiger partial charge in [-0.05, 0) is 31.1 Å². The standard InChI is InChI=1S/C14H23N5/c15-11-10-12(18-13(16)17-11)19-8-6-14(7-9-19)4-2-1-3-5-14/h10H,1-9H2,(H4,15,16,17,18). The molecule has 1 spiro atoms. The first-order valence-corrected chi connectivity index (χ1v) is 7.32. The zero-order valence-corrected chi connectivity index (χ0v) is 11.4. The summed E-state index contributed by atoms with van der Waals surface area (Å²) in [4.78, 5) is 10.5. The molecule has 2 aliphatic rings. The van der Waals surface area contributed by atoms with Gasteiger partial charge in [0.1, 0.15) is 11.6 Å². The van der Waals surface area contributed by atoms with Crippen molar-refractivity contribution >= 4 is 17.6 Å². The molecule has 1 saturated carbocycles. The van der Waals surface area contributed by atoms with E-state index in [4.69, 9.17) is 11.5 Å². The Morgan fingerprint density at radius 3 is 2.26 bits per heavy atom. The predicted molar refractivity (Wildman–Crippen MR) is 77.8 cm³/mol. The lowest BCUT2D eigenvalue weighted by Gasteiger charge is -2.44. The van der Waals surface area contributed by atoms with Crippen LogP contribution in [0.25, 0.3) is 0 Å². The maximum absolute atomic E-state index is 5.74. The Balaban J connectivity index is 1.69. The summed E-state index contributed by atoms with van der Waals surface area (Å²) in [6.07, 6.45) is 9.61. The smallest absolute Gasteiger partial charge is 0.223 e. The summed E-state index contributed by atoms with van der Waals surface area (Å²) in [6.45, 7) is 2.13. The van der Waals surface area contributed by atoms with E-state index in [1.165, 1.54) is 44.9 Å². The minimum absolute atomic E-state index is 0.271. The topological polar surface area (TPSA) is 81.1 Å². The molecule has 0 unspecified atom stereocenters. The molecule has 19 heavy (non-hydrogen) atoms. The first kappa shape index (κ1) is 12.5. The lowest BCUT2D eigenvalue weighted by molar-refractivity contribution is 0.144. The molecule has 1 saturated heterocycles. The molecule has 3 rings (SSSR count). The van der Waals surface area contributed by atoms with Gasteiger partial charge >= 0.3 is 0 Å². The van der Waals surface area contributed by atoms with Crippen LogP contribution in [0.5, 0.6) is 0 Å². The monoisotopic (exact) mass is 261 g/mol. The molecule has 0 amide bonds. The molecule has 5 nitrogen and oxygen atoms in total. The third kappa shape index (κ3) is 2.60. The number of rotatable bonds is 1. The number of aromatic nitrogens is 2. The molecule has 0 bridgehead atoms. The van der Waals surface area contributed by atoms with Crippen LogP contribution in [0.15, 0.2) is 6.07 Å². The van der Waals surface area contributed by atoms with E-state index in [0.717, 1.165) is 18.9 Å². The molecule has 0 aromatic carbocycles. The Hall–Kier alpha value is -1.52. The summed E-state index contributed by atoms with van der Waals surface area (Å²) in [5.41, 5.74) is 12.0. The largest absolute Gasteiger partial charge is 0.383 e. The van der Waals surface area contributed by atoms with Crippen LogP contribution in [0.2, 0.25) is 0 Å². The number of hydrogen-bond acceptors (Lipinski definition) is 5. The van der Waals surface area contributed by atoms with Gasteiger partial charge in [-0.2, -0.15) is 9.97 Å². The van der Waals surface area contributed by atoms with Crippen molar-refractivity contribution in [1.82, 2.24) is 9.97 Å². The van der Waals surface area contributed by atoms with Gasteiger partial charge in [-0.25, -0.2) is 0 Å². The first-order chi connectivity index (χ1) is 9.17. The normalized spacial score (nSPS) is 22.6. The van der Waals surface area contributed by atoms with E-state index >= 15 is 0 Å². The van der Waals surface area contributed by atoms with Crippen molar-refractivity contribution < 1.29 is 0 Å². The number of nitrogen functional groups attached to an aromatic ring is 2. The van der Waals surface area contributed by atoms with E-state index in [1.54, 1.807) is 0 Å². The van der Waals surface area contributed by atoms with E-state index in [1.807, 2.05) is 6.07 Å². The second-order valence-corrected chi connectivity index (χ2v) is 6.06. The van der Waals surface area contributed by atoms with Crippen molar-refractivity contribution in [1.29, 1.82) is 0 Å². The molecule has 0 radical (unpaired) electrons. The summed E-state index contributed by atoms with van der Waals surface area (Å²) in [7, 11) is 0. The van der Waals surface area contributed by atoms with Crippen molar-refractivity contribution in [2.45, 2.75) is 44.9 Å². The quantitative estimate of drug-likeness (QED) is 0.810. The Kier molecular flexibility index (Phi) is 3.21. The summed E-state index contributed by atoms with van der Waals surface area (Å²) in [6, 6.07) is 1.83. The number of hydrogen-bond donors (Lipinski definition) is 2. The second-order valence-electron chi connectivity index (χ2n) is 6.06. The minimum Gasteiger partial charge on any atom is -0.383 e. The highest BCUT2D eigenvalue weighted by molar-refractivity contribution is 5.50. The van der Waals surface area contributed by atoms with Gasteiger partial charge in [-0.15, -0.1) is 0 Å². The van der Waals surface area contributed by atoms with Crippen molar-refractivity contribution in [3.63, 3.8) is 0 Å². The molecule has 0 atom stereocenters. The molecular weight excluding hydrogens is 238 g/mol. The van der Waals surface area contributed by atoms with Crippen LogP contribution in [0.3, 0.4) is 0 Å². The molecule has 1 aliphatic carbocycles. The van der Waals surface area contributed by atoms with Gasteiger partial charge in [0.2, 0.25) is 5.95 Å². The fourth-order valence-corrected chi connectivity index (χ4v) is 3.65. The zero-order valence-electron chi connectivity index (χ0n) is 11.4. The van der Waals surface area contributed by atoms with Crippen LogP contribution in [-0.4, -0.2) is 23.1 Å². The highest BCUT2D eigenvalue weighted by Gasteiger charge is 2.35. The average molecular weight is 261 g/mol. The fourth-order valence-electron chi connectivity index (χ4n) is 3.65. The molecule has 5 heteroatoms. The number of anilines is 3. The molecule has 2 heterocycles. The predicted octanol–water partition coefficient (Wildman–Crippen LogP) is 2.19. The fraction of sp³-hybridized carbons (Fsp3) is 0.714. The average Bonchev–Trinajstić information content (AvgIpc) is 2.39. The number of nitrogens with zero attached hydrogens (tertiary/aromatic N) is 3. The Morgan fingerprint density at radius 2 is 1.63 bits per heavy atom. The minimum atomic E-state index is 0.271. The van der Waals surface area contributed by atoms with E-state index in [-0.39, 0.29) is 5.95 Å². The van der Waals surface area contributed by atoms with E-state index in [2.05, 4.69) is 14.9 Å². The maximum Gasteiger partial charge on any atom is 0.223 e. The Labute approximate surface area is 114 Å². The molecule has 1 aliphatic heterocycles. The van der Waals surface area contributed by atoms with Crippen LogP contribution < -0.4 is 16.4 Å². The van der Waals surface area contributed by atoms with Gasteiger partial charge in [0.15, 0.2) is 0 Å². The molecule has 104 valence electrons. The summed E-state index contributed by atoms with van der Waals surface area (Å²) in [5.74, 6) is 1.61. The Morgan fingerprint density at radius 1 is 0.947 bits per heavy atom.